The third kappa shape index (κ3) is 5.76. The van der Waals surface area contributed by atoms with Gasteiger partial charge in [0, 0.05) is 38.8 Å². The zero-order valence-corrected chi connectivity index (χ0v) is 14.9. The molecule has 0 saturated carbocycles. The van der Waals surface area contributed by atoms with Crippen LogP contribution in [0.2, 0.25) is 0 Å². The highest BCUT2D eigenvalue weighted by Gasteiger charge is 2.23. The molecule has 1 aromatic rings. The molecule has 0 radical (unpaired) electrons. The summed E-state index contributed by atoms with van der Waals surface area (Å²) in [7, 11) is 1.76. The molecule has 1 fully saturated rings. The van der Waals surface area contributed by atoms with Crippen LogP contribution >= 0.6 is 0 Å². The van der Waals surface area contributed by atoms with Crippen molar-refractivity contribution in [3.63, 3.8) is 0 Å². The Hall–Kier alpha value is -1.66. The van der Waals surface area contributed by atoms with Crippen LogP contribution in [-0.2, 0) is 11.2 Å². The summed E-state index contributed by atoms with van der Waals surface area (Å²) in [6, 6.07) is 7.56. The van der Waals surface area contributed by atoms with E-state index in [9.17, 15) is 4.39 Å². The van der Waals surface area contributed by atoms with Crippen LogP contribution in [0.5, 0.6) is 0 Å². The number of ether oxygens (including phenoxy) is 1. The van der Waals surface area contributed by atoms with Crippen LogP contribution in [0.3, 0.4) is 0 Å². The first kappa shape index (κ1) is 18.7. The van der Waals surface area contributed by atoms with Gasteiger partial charge in [-0.1, -0.05) is 12.1 Å². The third-order valence-electron chi connectivity index (χ3n) is 4.37. The Kier molecular flexibility index (Phi) is 7.46. The summed E-state index contributed by atoms with van der Waals surface area (Å²) in [5, 5.41) is 6.65. The fourth-order valence-electron chi connectivity index (χ4n) is 2.99. The van der Waals surface area contributed by atoms with Crippen LogP contribution in [0.1, 0.15) is 19.4 Å². The minimum atomic E-state index is -0.191. The van der Waals surface area contributed by atoms with Gasteiger partial charge in [0.05, 0.1) is 13.2 Å². The van der Waals surface area contributed by atoms with Crippen molar-refractivity contribution in [1.82, 2.24) is 15.5 Å². The molecule has 24 heavy (non-hydrogen) atoms. The van der Waals surface area contributed by atoms with Crippen LogP contribution in [0.4, 0.5) is 4.39 Å². The van der Waals surface area contributed by atoms with Gasteiger partial charge in [0.25, 0.3) is 0 Å². The van der Waals surface area contributed by atoms with Crippen molar-refractivity contribution in [2.24, 2.45) is 4.99 Å². The number of morpholine rings is 1. The zero-order valence-electron chi connectivity index (χ0n) is 14.9. The lowest BCUT2D eigenvalue weighted by Gasteiger charge is -2.38. The fourth-order valence-corrected chi connectivity index (χ4v) is 2.99. The maximum absolute atomic E-state index is 13.2. The Balaban J connectivity index is 1.72. The Bertz CT molecular complexity index is 538. The van der Waals surface area contributed by atoms with Crippen LogP contribution in [0.25, 0.3) is 0 Å². The van der Waals surface area contributed by atoms with Crippen LogP contribution in [0.15, 0.2) is 29.3 Å². The second-order valence-corrected chi connectivity index (χ2v) is 6.27. The van der Waals surface area contributed by atoms with E-state index in [0.29, 0.717) is 18.6 Å². The van der Waals surface area contributed by atoms with E-state index < -0.39 is 0 Å². The summed E-state index contributed by atoms with van der Waals surface area (Å²) >= 11 is 0. The number of nitrogens with one attached hydrogen (secondary N) is 2. The first-order valence-corrected chi connectivity index (χ1v) is 8.62. The van der Waals surface area contributed by atoms with Crippen LogP contribution < -0.4 is 10.6 Å². The van der Waals surface area contributed by atoms with Crippen LogP contribution in [0, 0.1) is 5.82 Å². The maximum atomic E-state index is 13.2. The SMILES string of the molecule is CN=C(NCCc1cccc(F)c1)NCC(C)N1CCOCC1C. The molecule has 0 aromatic heterocycles. The first-order valence-electron chi connectivity index (χ1n) is 8.62. The first-order chi connectivity index (χ1) is 11.6. The molecule has 2 rings (SSSR count). The summed E-state index contributed by atoms with van der Waals surface area (Å²) in [5.74, 6) is 0.586. The van der Waals surface area contributed by atoms with E-state index in [1.54, 1.807) is 19.2 Å². The second-order valence-electron chi connectivity index (χ2n) is 6.27. The quantitative estimate of drug-likeness (QED) is 0.613. The van der Waals surface area contributed by atoms with Gasteiger partial charge in [-0.2, -0.15) is 0 Å². The van der Waals surface area contributed by atoms with E-state index in [2.05, 4.69) is 34.4 Å². The number of aliphatic imine (C=N–C) groups is 1. The fraction of sp³-hybridized carbons (Fsp3) is 0.611. The van der Waals surface area contributed by atoms with Gasteiger partial charge in [-0.3, -0.25) is 9.89 Å². The number of hydrogen-bond donors (Lipinski definition) is 2. The molecule has 0 spiro atoms. The number of rotatable bonds is 6. The lowest BCUT2D eigenvalue weighted by Crippen LogP contribution is -2.53. The van der Waals surface area contributed by atoms with Gasteiger partial charge >= 0.3 is 0 Å². The molecule has 5 nitrogen and oxygen atoms in total. The molecule has 1 saturated heterocycles. The summed E-state index contributed by atoms with van der Waals surface area (Å²) in [4.78, 5) is 6.70. The molecule has 1 aromatic carbocycles. The number of hydrogen-bond acceptors (Lipinski definition) is 3. The molecule has 134 valence electrons. The summed E-state index contributed by atoms with van der Waals surface area (Å²) in [6.45, 7) is 8.52. The normalized spacial score (nSPS) is 20.7. The number of guanidine groups is 1. The highest BCUT2D eigenvalue weighted by Crippen LogP contribution is 2.10. The molecule has 2 atom stereocenters. The van der Waals surface area contributed by atoms with Crippen molar-refractivity contribution in [2.75, 3.05) is 39.9 Å². The van der Waals surface area contributed by atoms with E-state index in [0.717, 1.165) is 44.2 Å². The average molecular weight is 336 g/mol. The highest BCUT2D eigenvalue weighted by molar-refractivity contribution is 5.79. The molecule has 2 N–H and O–H groups in total. The zero-order chi connectivity index (χ0) is 17.4. The lowest BCUT2D eigenvalue weighted by atomic mass is 10.1. The summed E-state index contributed by atoms with van der Waals surface area (Å²) in [5.41, 5.74) is 0.980. The topological polar surface area (TPSA) is 48.9 Å². The Morgan fingerprint density at radius 1 is 1.46 bits per heavy atom. The molecular weight excluding hydrogens is 307 g/mol. The van der Waals surface area contributed by atoms with E-state index >= 15 is 0 Å². The number of benzene rings is 1. The molecule has 1 aliphatic rings. The van der Waals surface area contributed by atoms with Crippen molar-refractivity contribution in [3.8, 4) is 0 Å². The molecule has 1 aliphatic heterocycles. The Morgan fingerprint density at radius 2 is 2.29 bits per heavy atom. The predicted molar refractivity (Wildman–Crippen MR) is 95.9 cm³/mol. The minimum absolute atomic E-state index is 0.191. The van der Waals surface area contributed by atoms with E-state index in [-0.39, 0.29) is 5.82 Å². The highest BCUT2D eigenvalue weighted by atomic mass is 19.1. The second kappa shape index (κ2) is 9.59. The lowest BCUT2D eigenvalue weighted by molar-refractivity contribution is -0.0174. The summed E-state index contributed by atoms with van der Waals surface area (Å²) in [6.07, 6.45) is 0.758. The molecule has 2 unspecified atom stereocenters. The molecule has 1 heterocycles. The smallest absolute Gasteiger partial charge is 0.191 e. The maximum Gasteiger partial charge on any atom is 0.191 e. The minimum Gasteiger partial charge on any atom is -0.379 e. The van der Waals surface area contributed by atoms with E-state index in [1.165, 1.54) is 6.07 Å². The van der Waals surface area contributed by atoms with Crippen molar-refractivity contribution in [2.45, 2.75) is 32.4 Å². The number of nitrogens with zero attached hydrogens (tertiary/aromatic N) is 2. The van der Waals surface area contributed by atoms with E-state index in [4.69, 9.17) is 4.74 Å². The summed E-state index contributed by atoms with van der Waals surface area (Å²) < 4.78 is 18.7. The number of halogens is 1. The van der Waals surface area contributed by atoms with Crippen LogP contribution in [-0.4, -0.2) is 62.8 Å². The largest absolute Gasteiger partial charge is 0.379 e. The van der Waals surface area contributed by atoms with Gasteiger partial charge in [-0.15, -0.1) is 0 Å². The molecule has 6 heteroatoms. The monoisotopic (exact) mass is 336 g/mol. The third-order valence-corrected chi connectivity index (χ3v) is 4.37. The van der Waals surface area contributed by atoms with Gasteiger partial charge in [0.2, 0.25) is 0 Å². The average Bonchev–Trinajstić information content (AvgIpc) is 2.58. The predicted octanol–water partition coefficient (Wildman–Crippen LogP) is 1.64. The molecular formula is C18H29FN4O. The standard InChI is InChI=1S/C18H29FN4O/c1-14(23-9-10-24-13-15(23)2)12-22-18(20-3)21-8-7-16-5-4-6-17(19)11-16/h4-6,11,14-15H,7-10,12-13H2,1-3H3,(H2,20,21,22). The van der Waals surface area contributed by atoms with Gasteiger partial charge in [-0.05, 0) is 38.0 Å². The molecule has 0 bridgehead atoms. The Labute approximate surface area is 144 Å². The Morgan fingerprint density at radius 3 is 3.00 bits per heavy atom. The van der Waals surface area contributed by atoms with Gasteiger partial charge in [0.15, 0.2) is 5.96 Å². The van der Waals surface area contributed by atoms with Gasteiger partial charge in [-0.25, -0.2) is 4.39 Å². The van der Waals surface area contributed by atoms with Gasteiger partial charge < -0.3 is 15.4 Å². The van der Waals surface area contributed by atoms with Gasteiger partial charge in [0.1, 0.15) is 5.82 Å². The molecule has 0 aliphatic carbocycles. The van der Waals surface area contributed by atoms with Crippen molar-refractivity contribution in [1.29, 1.82) is 0 Å². The van der Waals surface area contributed by atoms with Crippen molar-refractivity contribution < 1.29 is 9.13 Å². The van der Waals surface area contributed by atoms with E-state index in [1.807, 2.05) is 6.07 Å². The molecule has 0 amide bonds. The van der Waals surface area contributed by atoms with Crippen molar-refractivity contribution >= 4 is 5.96 Å². The van der Waals surface area contributed by atoms with Crippen molar-refractivity contribution in [3.05, 3.63) is 35.6 Å².